The van der Waals surface area contributed by atoms with Gasteiger partial charge in [-0.15, -0.1) is 0 Å². The van der Waals surface area contributed by atoms with Gasteiger partial charge in [0.25, 0.3) is 0 Å². The van der Waals surface area contributed by atoms with Crippen molar-refractivity contribution in [1.29, 1.82) is 0 Å². The lowest BCUT2D eigenvalue weighted by Gasteiger charge is -1.97. The van der Waals surface area contributed by atoms with E-state index in [0.29, 0.717) is 0 Å². The Morgan fingerprint density at radius 2 is 2.08 bits per heavy atom. The molecule has 1 amide bonds. The minimum atomic E-state index is -1.12. The highest BCUT2D eigenvalue weighted by Crippen LogP contribution is 2.09. The summed E-state index contributed by atoms with van der Waals surface area (Å²) in [6, 6.07) is 7.96. The third-order valence-electron chi connectivity index (χ3n) is 3.01. The molecule has 1 aromatic heterocycles. The number of rotatable bonds is 2. The van der Waals surface area contributed by atoms with Crippen LogP contribution in [-0.2, 0) is 0 Å². The molecule has 8 heteroatoms. The molecule has 0 radical (unpaired) electrons. The molecule has 0 bridgehead atoms. The summed E-state index contributed by atoms with van der Waals surface area (Å²) < 4.78 is 4.97. The zero-order chi connectivity index (χ0) is 17.8. The second-order valence-corrected chi connectivity index (χ2v) is 5.03. The third kappa shape index (κ3) is 8.76. The van der Waals surface area contributed by atoms with E-state index in [9.17, 15) is 4.79 Å². The molecule has 8 nitrogen and oxygen atoms in total. The van der Waals surface area contributed by atoms with Gasteiger partial charge in [-0.1, -0.05) is 17.7 Å². The molecule has 1 aromatic carbocycles. The zero-order valence-electron chi connectivity index (χ0n) is 13.8. The second-order valence-electron chi connectivity index (χ2n) is 5.03. The van der Waals surface area contributed by atoms with Crippen LogP contribution in [0.4, 0.5) is 10.7 Å². The van der Waals surface area contributed by atoms with Gasteiger partial charge in [-0.25, -0.2) is 9.78 Å². The van der Waals surface area contributed by atoms with Gasteiger partial charge in [-0.05, 0) is 32.0 Å². The number of nitrogens with one attached hydrogen (secondary N) is 3. The van der Waals surface area contributed by atoms with Crippen molar-refractivity contribution < 1.29 is 19.7 Å². The second kappa shape index (κ2) is 11.0. The zero-order valence-corrected chi connectivity index (χ0v) is 13.8. The Balaban J connectivity index is 0.000000184. The number of amides is 1. The molecule has 0 aliphatic carbocycles. The number of ether oxygens (including phenoxy) is 1. The number of hydrogen-bond acceptors (Lipinski definition) is 5. The van der Waals surface area contributed by atoms with Gasteiger partial charge in [0, 0.05) is 18.9 Å². The van der Waals surface area contributed by atoms with Gasteiger partial charge < -0.3 is 25.3 Å². The van der Waals surface area contributed by atoms with Crippen molar-refractivity contribution in [3.05, 3.63) is 42.2 Å². The van der Waals surface area contributed by atoms with Crippen LogP contribution in [0, 0.1) is 6.92 Å². The number of methoxy groups -OCH3 is 1. The summed E-state index contributed by atoms with van der Waals surface area (Å²) in [5.74, 6) is 1.16. The number of imidazole rings is 1. The first kappa shape index (κ1) is 19.5. The van der Waals surface area contributed by atoms with Crippen LogP contribution < -0.4 is 15.4 Å². The van der Waals surface area contributed by atoms with Crippen LogP contribution in [0.5, 0.6) is 5.75 Å². The summed E-state index contributed by atoms with van der Waals surface area (Å²) in [5, 5.41) is 21.8. The number of carboxylic acid groups (broad SMARTS) is 1. The van der Waals surface area contributed by atoms with E-state index in [1.807, 2.05) is 29.6 Å². The third-order valence-corrected chi connectivity index (χ3v) is 3.01. The monoisotopic (exact) mass is 336 g/mol. The molecule has 2 aromatic rings. The van der Waals surface area contributed by atoms with Crippen LogP contribution >= 0.6 is 0 Å². The molecule has 0 saturated carbocycles. The molecule has 1 unspecified atom stereocenters. The topological polar surface area (TPSA) is 120 Å². The van der Waals surface area contributed by atoms with E-state index in [1.165, 1.54) is 18.0 Å². The van der Waals surface area contributed by atoms with Crippen LogP contribution in [-0.4, -0.2) is 52.6 Å². The fourth-order valence-electron chi connectivity index (χ4n) is 1.75. The van der Waals surface area contributed by atoms with E-state index >= 15 is 0 Å². The predicted octanol–water partition coefficient (Wildman–Crippen LogP) is 1.84. The first-order chi connectivity index (χ1) is 11.5. The Bertz CT molecular complexity index is 566. The number of aryl methyl sites for hydroxylation is 1. The molecular weight excluding hydrogens is 312 g/mol. The number of nitrogens with zero attached hydrogens (tertiary/aromatic N) is 1. The summed E-state index contributed by atoms with van der Waals surface area (Å²) >= 11 is 0. The Morgan fingerprint density at radius 3 is 2.46 bits per heavy atom. The normalized spacial score (nSPS) is 15.4. The van der Waals surface area contributed by atoms with Crippen molar-refractivity contribution in [3.63, 3.8) is 0 Å². The average molecular weight is 336 g/mol. The molecule has 2 heterocycles. The fraction of sp³-hybridized carbons (Fsp3) is 0.375. The van der Waals surface area contributed by atoms with Crippen molar-refractivity contribution in [3.8, 4) is 5.75 Å². The Labute approximate surface area is 140 Å². The van der Waals surface area contributed by atoms with E-state index in [-0.39, 0.29) is 12.1 Å². The predicted molar refractivity (Wildman–Crippen MR) is 91.5 cm³/mol. The lowest BCUT2D eigenvalue weighted by atomic mass is 10.2. The van der Waals surface area contributed by atoms with Crippen LogP contribution in [0.3, 0.4) is 0 Å². The molecule has 3 rings (SSSR count). The number of carbonyl (C=O) groups is 1. The van der Waals surface area contributed by atoms with Crippen molar-refractivity contribution in [2.24, 2.45) is 0 Å². The largest absolute Gasteiger partial charge is 0.497 e. The Kier molecular flexibility index (Phi) is 8.95. The number of aliphatic hydroxyl groups is 1. The highest BCUT2D eigenvalue weighted by Gasteiger charge is 2.08. The van der Waals surface area contributed by atoms with Crippen LogP contribution in [0.15, 0.2) is 36.7 Å². The highest BCUT2D eigenvalue weighted by molar-refractivity contribution is 5.80. The summed E-state index contributed by atoms with van der Waals surface area (Å²) in [5.41, 5.74) is 1.26. The lowest BCUT2D eigenvalue weighted by Crippen LogP contribution is -2.11. The van der Waals surface area contributed by atoms with Gasteiger partial charge in [-0.3, -0.25) is 5.32 Å². The highest BCUT2D eigenvalue weighted by atomic mass is 16.5. The lowest BCUT2D eigenvalue weighted by molar-refractivity contribution is 0.196. The summed E-state index contributed by atoms with van der Waals surface area (Å²) in [4.78, 5) is 16.1. The van der Waals surface area contributed by atoms with Crippen LogP contribution in [0.2, 0.25) is 0 Å². The molecule has 5 N–H and O–H groups in total. The van der Waals surface area contributed by atoms with Crippen molar-refractivity contribution in [2.45, 2.75) is 19.4 Å². The number of anilines is 1. The first-order valence-electron chi connectivity index (χ1n) is 7.50. The number of hydrogen-bond donors (Lipinski definition) is 5. The Hall–Kier alpha value is -2.58. The van der Waals surface area contributed by atoms with Crippen molar-refractivity contribution in [2.75, 3.05) is 25.5 Å². The SMILES string of the molecule is COc1ccc(C)cc1.O=C(O)Nc1ncc[nH]1.OC1CCNC1. The molecule has 1 fully saturated rings. The van der Waals surface area contributed by atoms with Gasteiger partial charge in [0.15, 0.2) is 0 Å². The van der Waals surface area contributed by atoms with Crippen LogP contribution in [0.1, 0.15) is 12.0 Å². The first-order valence-corrected chi connectivity index (χ1v) is 7.50. The van der Waals surface area contributed by atoms with Gasteiger partial charge in [0.2, 0.25) is 5.95 Å². The van der Waals surface area contributed by atoms with Gasteiger partial charge in [0.05, 0.1) is 13.2 Å². The van der Waals surface area contributed by atoms with E-state index in [2.05, 4.69) is 22.2 Å². The number of aliphatic hydroxyl groups excluding tert-OH is 1. The fourth-order valence-corrected chi connectivity index (χ4v) is 1.75. The molecule has 0 spiro atoms. The van der Waals surface area contributed by atoms with Gasteiger partial charge >= 0.3 is 6.09 Å². The van der Waals surface area contributed by atoms with E-state index in [4.69, 9.17) is 14.9 Å². The van der Waals surface area contributed by atoms with E-state index in [0.717, 1.165) is 25.3 Å². The van der Waals surface area contributed by atoms with Crippen molar-refractivity contribution in [1.82, 2.24) is 15.3 Å². The molecule has 1 aliphatic heterocycles. The van der Waals surface area contributed by atoms with Gasteiger partial charge in [-0.2, -0.15) is 0 Å². The number of β-amino-alcohol motifs (C(OH)–C–C–N with tert-alkyl or cyclic N) is 1. The maximum atomic E-state index is 9.90. The maximum Gasteiger partial charge on any atom is 0.411 e. The quantitative estimate of drug-likeness (QED) is 0.571. The molecule has 1 saturated heterocycles. The minimum absolute atomic E-state index is 0.0648. The van der Waals surface area contributed by atoms with E-state index in [1.54, 1.807) is 7.11 Å². The molecule has 1 aliphatic rings. The number of H-pyrrole nitrogens is 1. The van der Waals surface area contributed by atoms with Gasteiger partial charge in [0.1, 0.15) is 5.75 Å². The maximum absolute atomic E-state index is 9.90. The standard InChI is InChI=1S/C8H10O.C4H5N3O2.C4H9NO/c1-7-3-5-8(9-2)6-4-7;8-4(9)7-3-5-1-2-6-3;6-4-1-2-5-3-4/h3-6H,1-2H3;1-2H,(H,8,9)(H2,5,6,7);4-6H,1-3H2. The summed E-state index contributed by atoms with van der Waals surface area (Å²) in [6.07, 6.45) is 2.74. The summed E-state index contributed by atoms with van der Waals surface area (Å²) in [6.45, 7) is 3.83. The van der Waals surface area contributed by atoms with Crippen molar-refractivity contribution >= 4 is 12.0 Å². The van der Waals surface area contributed by atoms with E-state index < -0.39 is 6.09 Å². The average Bonchev–Trinajstić information content (AvgIpc) is 3.23. The molecule has 132 valence electrons. The number of benzene rings is 1. The number of aromatic nitrogens is 2. The summed E-state index contributed by atoms with van der Waals surface area (Å²) in [7, 11) is 1.67. The Morgan fingerprint density at radius 1 is 1.38 bits per heavy atom. The number of aromatic amines is 1. The van der Waals surface area contributed by atoms with Crippen LogP contribution in [0.25, 0.3) is 0 Å². The minimum Gasteiger partial charge on any atom is -0.497 e. The molecule has 1 atom stereocenters. The smallest absolute Gasteiger partial charge is 0.411 e. The molecular formula is C16H24N4O4. The molecule has 24 heavy (non-hydrogen) atoms.